The van der Waals surface area contributed by atoms with Crippen molar-refractivity contribution in [3.8, 4) is 0 Å². The van der Waals surface area contributed by atoms with E-state index in [2.05, 4.69) is 31.4 Å². The average Bonchev–Trinajstić information content (AvgIpc) is 3.30. The first-order chi connectivity index (χ1) is 13.6. The average molecular weight is 479 g/mol. The molecule has 0 spiro atoms. The largest absolute Gasteiger partial charge is 0.436 e. The van der Waals surface area contributed by atoms with E-state index in [1.54, 1.807) is 6.92 Å². The van der Waals surface area contributed by atoms with E-state index >= 15 is 0 Å². The van der Waals surface area contributed by atoms with E-state index in [-0.39, 0.29) is 48.2 Å². The lowest BCUT2D eigenvalue weighted by Crippen LogP contribution is -2.28. The second kappa shape index (κ2) is 8.13. The first-order valence-electron chi connectivity index (χ1n) is 8.87. The van der Waals surface area contributed by atoms with Crippen molar-refractivity contribution < 1.29 is 22.9 Å². The van der Waals surface area contributed by atoms with Gasteiger partial charge in [0.15, 0.2) is 5.69 Å². The summed E-state index contributed by atoms with van der Waals surface area (Å²) in [5, 5.41) is 20.8. The van der Waals surface area contributed by atoms with Gasteiger partial charge in [-0.15, -0.1) is 0 Å². The van der Waals surface area contributed by atoms with E-state index in [4.69, 9.17) is 0 Å². The molecule has 0 aromatic carbocycles. The molecule has 3 rings (SSSR count). The van der Waals surface area contributed by atoms with Crippen molar-refractivity contribution in [1.82, 2.24) is 24.9 Å². The van der Waals surface area contributed by atoms with Crippen LogP contribution in [0.25, 0.3) is 0 Å². The molecule has 0 saturated heterocycles. The number of aromatic nitrogens is 4. The number of carbonyl (C=O) groups excluding carboxylic acids is 1. The SMILES string of the molecule is Cc1cc([N+](=O)[O-])nn1CCNC(=O)CCn1nc(C(F)(F)F)c(Br)c1C1CC1. The van der Waals surface area contributed by atoms with Gasteiger partial charge in [0, 0.05) is 18.9 Å². The number of nitrogens with zero attached hydrogens (tertiary/aromatic N) is 5. The number of halogens is 4. The monoisotopic (exact) mass is 478 g/mol. The van der Waals surface area contributed by atoms with Crippen LogP contribution < -0.4 is 5.32 Å². The summed E-state index contributed by atoms with van der Waals surface area (Å²) in [5.41, 5.74) is 0.0845. The second-order valence-electron chi connectivity index (χ2n) is 6.77. The Labute approximate surface area is 171 Å². The molecular formula is C16H18BrF3N6O3. The third kappa shape index (κ3) is 4.95. The van der Waals surface area contributed by atoms with Crippen LogP contribution in [0, 0.1) is 17.0 Å². The molecule has 0 atom stereocenters. The molecule has 2 aromatic heterocycles. The number of hydrogen-bond donors (Lipinski definition) is 1. The Morgan fingerprint density at radius 2 is 2.03 bits per heavy atom. The summed E-state index contributed by atoms with van der Waals surface area (Å²) in [6, 6.07) is 1.33. The molecule has 2 aromatic rings. The number of nitrogens with one attached hydrogen (secondary N) is 1. The summed E-state index contributed by atoms with van der Waals surface area (Å²) in [6.45, 7) is 2.11. The first-order valence-corrected chi connectivity index (χ1v) is 9.66. The molecule has 1 fully saturated rings. The maximum Gasteiger partial charge on any atom is 0.436 e. The van der Waals surface area contributed by atoms with Gasteiger partial charge in [-0.05, 0) is 40.6 Å². The number of nitro groups is 1. The normalized spacial score (nSPS) is 14.2. The van der Waals surface area contributed by atoms with Crippen molar-refractivity contribution in [1.29, 1.82) is 0 Å². The Bertz CT molecular complexity index is 935. The van der Waals surface area contributed by atoms with Gasteiger partial charge in [-0.25, -0.2) is 0 Å². The molecule has 1 amide bonds. The number of hydrogen-bond acceptors (Lipinski definition) is 5. The minimum Gasteiger partial charge on any atom is -0.358 e. The lowest BCUT2D eigenvalue weighted by molar-refractivity contribution is -0.389. The summed E-state index contributed by atoms with van der Waals surface area (Å²) < 4.78 is 41.9. The van der Waals surface area contributed by atoms with Crippen LogP contribution in [0.3, 0.4) is 0 Å². The molecule has 0 radical (unpaired) electrons. The van der Waals surface area contributed by atoms with E-state index in [0.29, 0.717) is 11.4 Å². The zero-order chi connectivity index (χ0) is 21.3. The molecule has 1 aliphatic rings. The molecule has 13 heteroatoms. The van der Waals surface area contributed by atoms with Gasteiger partial charge in [0.2, 0.25) is 5.91 Å². The summed E-state index contributed by atoms with van der Waals surface area (Å²) in [6.07, 6.45) is -3.02. The van der Waals surface area contributed by atoms with Gasteiger partial charge >= 0.3 is 12.0 Å². The molecule has 1 saturated carbocycles. The molecule has 1 aliphatic carbocycles. The lowest BCUT2D eigenvalue weighted by atomic mass is 10.2. The van der Waals surface area contributed by atoms with Crippen LogP contribution in [0.5, 0.6) is 0 Å². The van der Waals surface area contributed by atoms with Crippen LogP contribution in [0.1, 0.15) is 42.3 Å². The van der Waals surface area contributed by atoms with Gasteiger partial charge in [-0.2, -0.15) is 23.0 Å². The molecule has 2 heterocycles. The predicted molar refractivity (Wildman–Crippen MR) is 98.1 cm³/mol. The highest BCUT2D eigenvalue weighted by molar-refractivity contribution is 9.10. The maximum atomic E-state index is 13.1. The Hall–Kier alpha value is -2.44. The van der Waals surface area contributed by atoms with E-state index < -0.39 is 16.8 Å². The number of alkyl halides is 3. The van der Waals surface area contributed by atoms with E-state index in [9.17, 15) is 28.1 Å². The molecule has 0 unspecified atom stereocenters. The second-order valence-corrected chi connectivity index (χ2v) is 7.56. The highest BCUT2D eigenvalue weighted by Crippen LogP contribution is 2.47. The van der Waals surface area contributed by atoms with E-state index in [0.717, 1.165) is 12.8 Å². The Morgan fingerprint density at radius 1 is 1.34 bits per heavy atom. The fraction of sp³-hybridized carbons (Fsp3) is 0.562. The quantitative estimate of drug-likeness (QED) is 0.463. The third-order valence-corrected chi connectivity index (χ3v) is 5.30. The van der Waals surface area contributed by atoms with Crippen LogP contribution in [0.4, 0.5) is 19.0 Å². The Morgan fingerprint density at radius 3 is 2.59 bits per heavy atom. The summed E-state index contributed by atoms with van der Waals surface area (Å²) in [4.78, 5) is 22.2. The molecule has 0 aliphatic heterocycles. The van der Waals surface area contributed by atoms with Gasteiger partial charge < -0.3 is 15.4 Å². The zero-order valence-electron chi connectivity index (χ0n) is 15.4. The minimum atomic E-state index is -4.57. The van der Waals surface area contributed by atoms with Gasteiger partial charge in [0.05, 0.1) is 40.1 Å². The van der Waals surface area contributed by atoms with Crippen molar-refractivity contribution in [2.75, 3.05) is 6.54 Å². The zero-order valence-corrected chi connectivity index (χ0v) is 17.0. The third-order valence-electron chi connectivity index (χ3n) is 4.52. The molecule has 0 bridgehead atoms. The van der Waals surface area contributed by atoms with Crippen molar-refractivity contribution in [2.45, 2.75) is 51.4 Å². The fourth-order valence-electron chi connectivity index (χ4n) is 2.96. The highest BCUT2D eigenvalue weighted by Gasteiger charge is 2.41. The fourth-order valence-corrected chi connectivity index (χ4v) is 3.79. The van der Waals surface area contributed by atoms with Gasteiger partial charge in [0.25, 0.3) is 0 Å². The molecule has 158 valence electrons. The van der Waals surface area contributed by atoms with Gasteiger partial charge in [0.1, 0.15) is 0 Å². The van der Waals surface area contributed by atoms with Gasteiger partial charge in [-0.3, -0.25) is 9.48 Å². The van der Waals surface area contributed by atoms with Crippen LogP contribution in [0.15, 0.2) is 10.5 Å². The summed E-state index contributed by atoms with van der Waals surface area (Å²) in [5.74, 6) is -0.605. The summed E-state index contributed by atoms with van der Waals surface area (Å²) >= 11 is 3.01. The van der Waals surface area contributed by atoms with Crippen molar-refractivity contribution >= 4 is 27.7 Å². The van der Waals surface area contributed by atoms with Crippen molar-refractivity contribution in [2.24, 2.45) is 0 Å². The van der Waals surface area contributed by atoms with Crippen molar-refractivity contribution in [3.63, 3.8) is 0 Å². The maximum absolute atomic E-state index is 13.1. The van der Waals surface area contributed by atoms with E-state index in [1.165, 1.54) is 15.4 Å². The Balaban J connectivity index is 1.55. The molecule has 9 nitrogen and oxygen atoms in total. The van der Waals surface area contributed by atoms with Crippen molar-refractivity contribution in [3.05, 3.63) is 37.7 Å². The smallest absolute Gasteiger partial charge is 0.358 e. The number of aryl methyl sites for hydroxylation is 2. The van der Waals surface area contributed by atoms with Crippen LogP contribution in [-0.2, 0) is 24.1 Å². The van der Waals surface area contributed by atoms with E-state index in [1.807, 2.05) is 0 Å². The minimum absolute atomic E-state index is 0.0228. The Kier molecular flexibility index (Phi) is 5.96. The standard InChI is InChI=1S/C16H18BrF3N6O3/c1-9-8-11(26(28)29)22-24(9)7-5-21-12(27)4-6-25-14(10-2-3-10)13(17)15(23-25)16(18,19)20/h8,10H,2-7H2,1H3,(H,21,27). The lowest BCUT2D eigenvalue weighted by Gasteiger charge is -2.08. The first kappa shape index (κ1) is 21.3. The predicted octanol–water partition coefficient (Wildman–Crippen LogP) is 3.16. The number of amides is 1. The van der Waals surface area contributed by atoms with Crippen LogP contribution in [-0.4, -0.2) is 36.9 Å². The highest BCUT2D eigenvalue weighted by atomic mass is 79.9. The molecule has 1 N–H and O–H groups in total. The number of carbonyl (C=O) groups is 1. The van der Waals surface area contributed by atoms with Gasteiger partial charge in [-0.1, -0.05) is 0 Å². The van der Waals surface area contributed by atoms with Crippen LogP contribution in [0.2, 0.25) is 0 Å². The topological polar surface area (TPSA) is 108 Å². The number of rotatable bonds is 8. The van der Waals surface area contributed by atoms with Crippen LogP contribution >= 0.6 is 15.9 Å². The summed E-state index contributed by atoms with van der Waals surface area (Å²) in [7, 11) is 0. The molecular weight excluding hydrogens is 461 g/mol. The molecule has 29 heavy (non-hydrogen) atoms.